The van der Waals surface area contributed by atoms with Crippen LogP contribution < -0.4 is 10.6 Å². The number of hydrogen-bond acceptors (Lipinski definition) is 3. The molecule has 0 saturated carbocycles. The van der Waals surface area contributed by atoms with Crippen molar-refractivity contribution in [2.75, 3.05) is 39.9 Å². The van der Waals surface area contributed by atoms with Crippen molar-refractivity contribution in [2.24, 2.45) is 10.9 Å². The van der Waals surface area contributed by atoms with Crippen molar-refractivity contribution >= 4 is 29.9 Å². The molecule has 2 N–H and O–H groups in total. The van der Waals surface area contributed by atoms with Crippen molar-refractivity contribution in [1.29, 1.82) is 0 Å². The van der Waals surface area contributed by atoms with Gasteiger partial charge in [0.2, 0.25) is 0 Å². The Balaban J connectivity index is 0.00000364. The molecule has 1 aromatic rings. The molecule has 1 saturated heterocycles. The van der Waals surface area contributed by atoms with Crippen LogP contribution in [0.5, 0.6) is 0 Å². The lowest BCUT2D eigenvalue weighted by molar-refractivity contribution is 0.00751. The minimum Gasteiger partial charge on any atom is -0.379 e. The summed E-state index contributed by atoms with van der Waals surface area (Å²) in [5, 5.41) is 6.79. The molecule has 1 aliphatic heterocycles. The standard InChI is InChI=1S/C20H33FN4O.HI/c1-14(2)19(25-8-10-26-11-9-25)13-23-20(22-5)24-16(4)17-7-6-15(3)18(21)12-17;/h6-7,12,14,16,19H,8-11,13H2,1-5H3,(H2,22,23,24);1H. The van der Waals surface area contributed by atoms with Crippen molar-refractivity contribution in [3.8, 4) is 0 Å². The number of nitrogens with one attached hydrogen (secondary N) is 2. The van der Waals surface area contributed by atoms with Gasteiger partial charge in [0.1, 0.15) is 5.82 Å². The molecule has 1 fully saturated rings. The Morgan fingerprint density at radius 1 is 1.26 bits per heavy atom. The number of rotatable bonds is 6. The third kappa shape index (κ3) is 7.19. The summed E-state index contributed by atoms with van der Waals surface area (Å²) < 4.78 is 19.3. The molecule has 1 aliphatic rings. The van der Waals surface area contributed by atoms with Crippen LogP contribution in [0.15, 0.2) is 23.2 Å². The number of halogens is 2. The molecule has 0 spiro atoms. The van der Waals surface area contributed by atoms with Gasteiger partial charge in [-0.3, -0.25) is 9.89 Å². The fourth-order valence-corrected chi connectivity index (χ4v) is 3.26. The minimum atomic E-state index is -0.175. The molecular formula is C20H34FIN4O. The molecule has 0 amide bonds. The molecule has 2 rings (SSSR count). The van der Waals surface area contributed by atoms with Gasteiger partial charge >= 0.3 is 0 Å². The Bertz CT molecular complexity index is 606. The highest BCUT2D eigenvalue weighted by Gasteiger charge is 2.24. The monoisotopic (exact) mass is 492 g/mol. The minimum absolute atomic E-state index is 0. The maximum absolute atomic E-state index is 13.8. The van der Waals surface area contributed by atoms with Crippen molar-refractivity contribution in [1.82, 2.24) is 15.5 Å². The molecule has 1 aromatic carbocycles. The van der Waals surface area contributed by atoms with Crippen LogP contribution in [0.3, 0.4) is 0 Å². The van der Waals surface area contributed by atoms with Crippen LogP contribution in [0.25, 0.3) is 0 Å². The highest BCUT2D eigenvalue weighted by Crippen LogP contribution is 2.16. The number of hydrogen-bond donors (Lipinski definition) is 2. The maximum atomic E-state index is 13.8. The van der Waals surface area contributed by atoms with Crippen LogP contribution in [0.2, 0.25) is 0 Å². The van der Waals surface area contributed by atoms with Crippen LogP contribution >= 0.6 is 24.0 Å². The predicted molar refractivity (Wildman–Crippen MR) is 120 cm³/mol. The first-order chi connectivity index (χ1) is 12.4. The number of aryl methyl sites for hydroxylation is 1. The van der Waals surface area contributed by atoms with Gasteiger partial charge < -0.3 is 15.4 Å². The smallest absolute Gasteiger partial charge is 0.191 e. The zero-order valence-electron chi connectivity index (χ0n) is 17.1. The van der Waals surface area contributed by atoms with E-state index in [1.807, 2.05) is 19.1 Å². The number of nitrogens with zero attached hydrogens (tertiary/aromatic N) is 2. The Hall–Kier alpha value is -0.930. The third-order valence-electron chi connectivity index (χ3n) is 5.04. The number of aliphatic imine (C=N–C) groups is 1. The highest BCUT2D eigenvalue weighted by molar-refractivity contribution is 14.0. The first-order valence-corrected chi connectivity index (χ1v) is 9.47. The average Bonchev–Trinajstić information content (AvgIpc) is 2.63. The Labute approximate surface area is 180 Å². The van der Waals surface area contributed by atoms with Gasteiger partial charge in [0.25, 0.3) is 0 Å². The normalized spacial score (nSPS) is 18.0. The van der Waals surface area contributed by atoms with E-state index in [2.05, 4.69) is 34.4 Å². The van der Waals surface area contributed by atoms with E-state index in [1.54, 1.807) is 20.0 Å². The van der Waals surface area contributed by atoms with Crippen LogP contribution in [0, 0.1) is 18.7 Å². The fraction of sp³-hybridized carbons (Fsp3) is 0.650. The van der Waals surface area contributed by atoms with E-state index >= 15 is 0 Å². The molecule has 154 valence electrons. The zero-order chi connectivity index (χ0) is 19.1. The molecule has 5 nitrogen and oxygen atoms in total. The number of guanidine groups is 1. The molecular weight excluding hydrogens is 458 g/mol. The summed E-state index contributed by atoms with van der Waals surface area (Å²) in [6.07, 6.45) is 0. The van der Waals surface area contributed by atoms with Crippen LogP contribution in [-0.4, -0.2) is 56.8 Å². The molecule has 0 aromatic heterocycles. The molecule has 0 radical (unpaired) electrons. The zero-order valence-corrected chi connectivity index (χ0v) is 19.4. The second kappa shape index (κ2) is 11.8. The van der Waals surface area contributed by atoms with Crippen LogP contribution in [0.4, 0.5) is 4.39 Å². The van der Waals surface area contributed by atoms with Gasteiger partial charge in [0, 0.05) is 32.7 Å². The SMILES string of the molecule is CN=C(NCC(C(C)C)N1CCOCC1)NC(C)c1ccc(C)c(F)c1.I. The van der Waals surface area contributed by atoms with E-state index in [0.29, 0.717) is 17.5 Å². The molecule has 0 aliphatic carbocycles. The Morgan fingerprint density at radius 2 is 1.93 bits per heavy atom. The van der Waals surface area contributed by atoms with Gasteiger partial charge in [-0.25, -0.2) is 4.39 Å². The number of benzene rings is 1. The van der Waals surface area contributed by atoms with Crippen molar-refractivity contribution in [2.45, 2.75) is 39.8 Å². The molecule has 7 heteroatoms. The van der Waals surface area contributed by atoms with Crippen LogP contribution in [-0.2, 0) is 4.74 Å². The quantitative estimate of drug-likeness (QED) is 0.364. The Morgan fingerprint density at radius 3 is 2.48 bits per heavy atom. The summed E-state index contributed by atoms with van der Waals surface area (Å²) >= 11 is 0. The summed E-state index contributed by atoms with van der Waals surface area (Å²) in [6, 6.07) is 5.74. The van der Waals surface area contributed by atoms with Gasteiger partial charge in [-0.05, 0) is 37.0 Å². The van der Waals surface area contributed by atoms with Crippen molar-refractivity contribution < 1.29 is 9.13 Å². The molecule has 27 heavy (non-hydrogen) atoms. The largest absolute Gasteiger partial charge is 0.379 e. The van der Waals surface area contributed by atoms with E-state index in [0.717, 1.165) is 44.4 Å². The summed E-state index contributed by atoms with van der Waals surface area (Å²) in [5.74, 6) is 1.09. The second-order valence-corrected chi connectivity index (χ2v) is 7.29. The molecule has 2 unspecified atom stereocenters. The number of morpholine rings is 1. The predicted octanol–water partition coefficient (Wildman–Crippen LogP) is 3.33. The van der Waals surface area contributed by atoms with Gasteiger partial charge in [0.15, 0.2) is 5.96 Å². The topological polar surface area (TPSA) is 48.9 Å². The average molecular weight is 492 g/mol. The molecule has 0 bridgehead atoms. The number of ether oxygens (including phenoxy) is 1. The van der Waals surface area contributed by atoms with E-state index in [1.165, 1.54) is 0 Å². The second-order valence-electron chi connectivity index (χ2n) is 7.29. The van der Waals surface area contributed by atoms with E-state index in [9.17, 15) is 4.39 Å². The summed E-state index contributed by atoms with van der Waals surface area (Å²) in [5.41, 5.74) is 1.57. The van der Waals surface area contributed by atoms with Gasteiger partial charge in [-0.15, -0.1) is 24.0 Å². The lowest BCUT2D eigenvalue weighted by Crippen LogP contribution is -2.52. The lowest BCUT2D eigenvalue weighted by atomic mass is 10.0. The van der Waals surface area contributed by atoms with Gasteiger partial charge in [-0.1, -0.05) is 26.0 Å². The van der Waals surface area contributed by atoms with Crippen molar-refractivity contribution in [3.63, 3.8) is 0 Å². The van der Waals surface area contributed by atoms with E-state index in [-0.39, 0.29) is 35.8 Å². The van der Waals surface area contributed by atoms with Gasteiger partial charge in [0.05, 0.1) is 19.3 Å². The van der Waals surface area contributed by atoms with Crippen LogP contribution in [0.1, 0.15) is 37.9 Å². The third-order valence-corrected chi connectivity index (χ3v) is 5.04. The Kier molecular flexibility index (Phi) is 10.5. The summed E-state index contributed by atoms with van der Waals surface area (Å²) in [4.78, 5) is 6.81. The van der Waals surface area contributed by atoms with E-state index in [4.69, 9.17) is 4.74 Å². The first-order valence-electron chi connectivity index (χ1n) is 9.47. The molecule has 2 atom stereocenters. The molecule has 1 heterocycles. The summed E-state index contributed by atoms with van der Waals surface area (Å²) in [7, 11) is 1.76. The van der Waals surface area contributed by atoms with Gasteiger partial charge in [-0.2, -0.15) is 0 Å². The summed E-state index contributed by atoms with van der Waals surface area (Å²) in [6.45, 7) is 12.6. The lowest BCUT2D eigenvalue weighted by Gasteiger charge is -2.37. The first kappa shape index (κ1) is 24.1. The van der Waals surface area contributed by atoms with E-state index < -0.39 is 0 Å². The van der Waals surface area contributed by atoms with Crippen molar-refractivity contribution in [3.05, 3.63) is 35.1 Å². The highest BCUT2D eigenvalue weighted by atomic mass is 127. The maximum Gasteiger partial charge on any atom is 0.191 e. The fourth-order valence-electron chi connectivity index (χ4n) is 3.26.